The molecule has 2 heterocycles. The molecule has 5 nitrogen and oxygen atoms in total. The fraction of sp³-hybridized carbons (Fsp3) is 0.136. The number of fused-ring (bicyclic) bond motifs is 3. The van der Waals surface area contributed by atoms with Crippen LogP contribution in [0.1, 0.15) is 28.4 Å². The number of hydrogen-bond donors (Lipinski definition) is 0. The van der Waals surface area contributed by atoms with Gasteiger partial charge in [-0.1, -0.05) is 35.9 Å². The Kier molecular flexibility index (Phi) is 4.09. The molecule has 0 aliphatic rings. The number of imidazole rings is 1. The highest BCUT2D eigenvalue weighted by molar-refractivity contribution is 5.98. The molecule has 4 rings (SSSR count). The first kappa shape index (κ1) is 16.8. The van der Waals surface area contributed by atoms with Gasteiger partial charge in [0.2, 0.25) is 0 Å². The summed E-state index contributed by atoms with van der Waals surface area (Å²) < 4.78 is 7.12. The summed E-state index contributed by atoms with van der Waals surface area (Å²) in [5.41, 5.74) is 5.41. The number of esters is 1. The number of ether oxygens (including phenoxy) is 1. The molecule has 0 saturated heterocycles. The van der Waals surface area contributed by atoms with Crippen LogP contribution in [0.25, 0.3) is 27.9 Å². The zero-order valence-electron chi connectivity index (χ0n) is 15.1. The van der Waals surface area contributed by atoms with Crippen molar-refractivity contribution < 1.29 is 9.53 Å². The number of nitriles is 1. The molecule has 0 N–H and O–H groups in total. The molecule has 0 radical (unpaired) electrons. The first-order chi connectivity index (χ1) is 13.1. The van der Waals surface area contributed by atoms with Crippen LogP contribution in [-0.4, -0.2) is 22.0 Å². The van der Waals surface area contributed by atoms with Crippen LogP contribution in [0.4, 0.5) is 0 Å². The summed E-state index contributed by atoms with van der Waals surface area (Å²) in [4.78, 5) is 17.2. The standard InChI is InChI=1S/C22H17N3O2/c1-3-27-22(26)16-12-20(15-8-6-7-14(2)11-15)25-19-10-5-4-9-18(19)24-21(25)17(16)13-23/h4-12H,3H2,1-2H3. The zero-order valence-corrected chi connectivity index (χ0v) is 15.1. The van der Waals surface area contributed by atoms with E-state index < -0.39 is 5.97 Å². The maximum absolute atomic E-state index is 12.5. The highest BCUT2D eigenvalue weighted by Gasteiger charge is 2.22. The number of aromatic nitrogens is 2. The largest absolute Gasteiger partial charge is 0.462 e. The van der Waals surface area contributed by atoms with Crippen LogP contribution >= 0.6 is 0 Å². The van der Waals surface area contributed by atoms with Gasteiger partial charge >= 0.3 is 5.97 Å². The average Bonchev–Trinajstić information content (AvgIpc) is 3.06. The Balaban J connectivity index is 2.17. The van der Waals surface area contributed by atoms with E-state index in [1.807, 2.05) is 59.9 Å². The van der Waals surface area contributed by atoms with Gasteiger partial charge in [0.25, 0.3) is 0 Å². The smallest absolute Gasteiger partial charge is 0.339 e. The highest BCUT2D eigenvalue weighted by atomic mass is 16.5. The lowest BCUT2D eigenvalue weighted by Crippen LogP contribution is -2.10. The second kappa shape index (κ2) is 6.58. The summed E-state index contributed by atoms with van der Waals surface area (Å²) in [6.45, 7) is 4.00. The van der Waals surface area contributed by atoms with E-state index >= 15 is 0 Å². The molecule has 2 aromatic carbocycles. The molecule has 4 aromatic rings. The van der Waals surface area contributed by atoms with Gasteiger partial charge in [0, 0.05) is 0 Å². The van der Waals surface area contributed by atoms with E-state index in [-0.39, 0.29) is 17.7 Å². The number of para-hydroxylation sites is 2. The highest BCUT2D eigenvalue weighted by Crippen LogP contribution is 2.30. The molecule has 0 unspecified atom stereocenters. The molecular formula is C22H17N3O2. The van der Waals surface area contributed by atoms with Crippen LogP contribution in [0.15, 0.2) is 54.6 Å². The summed E-state index contributed by atoms with van der Waals surface area (Å²) in [5.74, 6) is -0.516. The van der Waals surface area contributed by atoms with Crippen molar-refractivity contribution in [1.29, 1.82) is 5.26 Å². The van der Waals surface area contributed by atoms with E-state index in [4.69, 9.17) is 4.74 Å². The number of carbonyl (C=O) groups excluding carboxylic acids is 1. The Bertz CT molecular complexity index is 1230. The Morgan fingerprint density at radius 1 is 1.19 bits per heavy atom. The first-order valence-corrected chi connectivity index (χ1v) is 8.72. The van der Waals surface area contributed by atoms with Gasteiger partial charge in [0.15, 0.2) is 5.65 Å². The number of rotatable bonds is 3. The number of nitrogens with zero attached hydrogens (tertiary/aromatic N) is 3. The maximum Gasteiger partial charge on any atom is 0.339 e. The summed E-state index contributed by atoms with van der Waals surface area (Å²) in [5, 5.41) is 9.75. The van der Waals surface area contributed by atoms with Crippen LogP contribution in [0.3, 0.4) is 0 Å². The summed E-state index contributed by atoms with van der Waals surface area (Å²) in [7, 11) is 0. The average molecular weight is 355 g/mol. The van der Waals surface area contributed by atoms with Crippen molar-refractivity contribution in [3.8, 4) is 17.3 Å². The predicted molar refractivity (Wildman–Crippen MR) is 104 cm³/mol. The number of benzene rings is 2. The van der Waals surface area contributed by atoms with Gasteiger partial charge in [-0.05, 0) is 43.7 Å². The normalized spacial score (nSPS) is 10.9. The topological polar surface area (TPSA) is 67.4 Å². The molecule has 0 atom stereocenters. The molecule has 0 aliphatic carbocycles. The van der Waals surface area contributed by atoms with E-state index in [9.17, 15) is 10.1 Å². The van der Waals surface area contributed by atoms with Crippen molar-refractivity contribution >= 4 is 22.6 Å². The van der Waals surface area contributed by atoms with Crippen molar-refractivity contribution in [3.63, 3.8) is 0 Å². The molecule has 132 valence electrons. The monoisotopic (exact) mass is 355 g/mol. The number of carbonyl (C=O) groups is 1. The van der Waals surface area contributed by atoms with Crippen molar-refractivity contribution in [2.24, 2.45) is 0 Å². The van der Waals surface area contributed by atoms with E-state index in [0.29, 0.717) is 5.65 Å². The van der Waals surface area contributed by atoms with Gasteiger partial charge in [-0.15, -0.1) is 0 Å². The number of hydrogen-bond acceptors (Lipinski definition) is 4. The van der Waals surface area contributed by atoms with Gasteiger partial charge in [-0.2, -0.15) is 5.26 Å². The second-order valence-corrected chi connectivity index (χ2v) is 6.28. The molecule has 0 bridgehead atoms. The van der Waals surface area contributed by atoms with Crippen molar-refractivity contribution in [1.82, 2.24) is 9.38 Å². The van der Waals surface area contributed by atoms with Gasteiger partial charge in [-0.3, -0.25) is 4.40 Å². The third-order valence-corrected chi connectivity index (χ3v) is 4.50. The van der Waals surface area contributed by atoms with Gasteiger partial charge < -0.3 is 4.74 Å². The zero-order chi connectivity index (χ0) is 19.0. The fourth-order valence-corrected chi connectivity index (χ4v) is 3.33. The third-order valence-electron chi connectivity index (χ3n) is 4.50. The lowest BCUT2D eigenvalue weighted by molar-refractivity contribution is 0.0526. The minimum atomic E-state index is -0.516. The Morgan fingerprint density at radius 3 is 2.74 bits per heavy atom. The Labute approximate surface area is 156 Å². The first-order valence-electron chi connectivity index (χ1n) is 8.72. The Hall–Kier alpha value is -3.65. The van der Waals surface area contributed by atoms with E-state index in [1.165, 1.54) is 0 Å². The molecule has 27 heavy (non-hydrogen) atoms. The summed E-state index contributed by atoms with van der Waals surface area (Å²) in [6, 6.07) is 19.6. The van der Waals surface area contributed by atoms with E-state index in [1.54, 1.807) is 13.0 Å². The van der Waals surface area contributed by atoms with Crippen molar-refractivity contribution in [2.45, 2.75) is 13.8 Å². The van der Waals surface area contributed by atoms with Gasteiger partial charge in [0.05, 0.1) is 28.9 Å². The molecule has 0 amide bonds. The molecule has 0 aliphatic heterocycles. The summed E-state index contributed by atoms with van der Waals surface area (Å²) in [6.07, 6.45) is 0. The third kappa shape index (κ3) is 2.72. The van der Waals surface area contributed by atoms with Gasteiger partial charge in [0.1, 0.15) is 11.6 Å². The second-order valence-electron chi connectivity index (χ2n) is 6.28. The van der Waals surface area contributed by atoms with Crippen molar-refractivity contribution in [3.05, 3.63) is 71.3 Å². The minimum absolute atomic E-state index is 0.223. The minimum Gasteiger partial charge on any atom is -0.462 e. The quantitative estimate of drug-likeness (QED) is 0.507. The van der Waals surface area contributed by atoms with Crippen molar-refractivity contribution in [2.75, 3.05) is 6.61 Å². The molecule has 0 spiro atoms. The number of pyridine rings is 1. The predicted octanol–water partition coefficient (Wildman–Crippen LogP) is 4.51. The maximum atomic E-state index is 12.5. The molecular weight excluding hydrogens is 338 g/mol. The fourth-order valence-electron chi connectivity index (χ4n) is 3.33. The van der Waals surface area contributed by atoms with Crippen LogP contribution < -0.4 is 0 Å². The lowest BCUT2D eigenvalue weighted by Gasteiger charge is -2.12. The molecule has 0 saturated carbocycles. The van der Waals surface area contributed by atoms with Crippen LogP contribution in [0.2, 0.25) is 0 Å². The van der Waals surface area contributed by atoms with Crippen LogP contribution in [0.5, 0.6) is 0 Å². The molecule has 0 fully saturated rings. The Morgan fingerprint density at radius 2 is 2.00 bits per heavy atom. The SMILES string of the molecule is CCOC(=O)c1cc(-c2cccc(C)c2)n2c(nc3ccccc32)c1C#N. The molecule has 5 heteroatoms. The summed E-state index contributed by atoms with van der Waals surface area (Å²) >= 11 is 0. The van der Waals surface area contributed by atoms with Crippen LogP contribution in [0, 0.1) is 18.3 Å². The van der Waals surface area contributed by atoms with Crippen LogP contribution in [-0.2, 0) is 4.74 Å². The van der Waals surface area contributed by atoms with E-state index in [2.05, 4.69) is 11.1 Å². The van der Waals surface area contributed by atoms with Gasteiger partial charge in [-0.25, -0.2) is 9.78 Å². The molecule has 2 aromatic heterocycles. The van der Waals surface area contributed by atoms with E-state index in [0.717, 1.165) is 27.9 Å². The number of aryl methyl sites for hydroxylation is 1. The lowest BCUT2D eigenvalue weighted by atomic mass is 10.0.